The number of hydrogen-bond donors (Lipinski definition) is 1. The maximum atomic E-state index is 5.32. The van der Waals surface area contributed by atoms with Gasteiger partial charge in [-0.05, 0) is 37.3 Å². The highest BCUT2D eigenvalue weighted by atomic mass is 16.5. The minimum atomic E-state index is 0.506. The molecule has 21 heavy (non-hydrogen) atoms. The van der Waals surface area contributed by atoms with Gasteiger partial charge in [-0.15, -0.1) is 0 Å². The van der Waals surface area contributed by atoms with Gasteiger partial charge >= 0.3 is 0 Å². The van der Waals surface area contributed by atoms with Crippen molar-refractivity contribution < 1.29 is 4.74 Å². The smallest absolute Gasteiger partial charge is 0.0637 e. The van der Waals surface area contributed by atoms with Gasteiger partial charge in [0, 0.05) is 38.0 Å². The lowest BCUT2D eigenvalue weighted by Gasteiger charge is -2.33. The molecule has 2 rings (SSSR count). The van der Waals surface area contributed by atoms with Crippen LogP contribution in [-0.2, 0) is 11.3 Å². The van der Waals surface area contributed by atoms with Crippen LogP contribution in [0.1, 0.15) is 39.2 Å². The van der Waals surface area contributed by atoms with E-state index in [0.717, 1.165) is 25.6 Å². The molecule has 3 heteroatoms. The van der Waals surface area contributed by atoms with Crippen LogP contribution in [0.5, 0.6) is 0 Å². The number of rotatable bonds is 9. The van der Waals surface area contributed by atoms with Gasteiger partial charge in [0.1, 0.15) is 0 Å². The van der Waals surface area contributed by atoms with Crippen molar-refractivity contribution in [1.82, 2.24) is 5.32 Å². The van der Waals surface area contributed by atoms with E-state index in [-0.39, 0.29) is 0 Å². The van der Waals surface area contributed by atoms with Crippen molar-refractivity contribution in [2.75, 3.05) is 25.2 Å². The quantitative estimate of drug-likeness (QED) is 0.754. The molecule has 0 heterocycles. The van der Waals surface area contributed by atoms with Crippen LogP contribution in [0.25, 0.3) is 0 Å². The number of methoxy groups -OCH3 is 1. The zero-order chi connectivity index (χ0) is 15.2. The molecule has 0 bridgehead atoms. The molecule has 0 amide bonds. The summed E-state index contributed by atoms with van der Waals surface area (Å²) in [5.74, 6) is 0.855. The second-order valence-corrected chi connectivity index (χ2v) is 6.43. The molecular weight excluding hydrogens is 260 g/mol. The van der Waals surface area contributed by atoms with Crippen molar-refractivity contribution >= 4 is 5.69 Å². The third-order valence-corrected chi connectivity index (χ3v) is 4.33. The molecule has 1 aliphatic carbocycles. The summed E-state index contributed by atoms with van der Waals surface area (Å²) in [7, 11) is 1.78. The van der Waals surface area contributed by atoms with Crippen molar-refractivity contribution in [3.05, 3.63) is 29.8 Å². The first-order valence-electron chi connectivity index (χ1n) is 8.20. The standard InChI is InChI=1S/C18H30N2O/c1-14(2)19-13-17-7-5-6-8-18(17)20(11-12-21-4)15(3)16-9-10-16/h5-8,14-16,19H,9-13H2,1-4H3. The third kappa shape index (κ3) is 4.72. The molecule has 1 aromatic rings. The van der Waals surface area contributed by atoms with E-state index in [0.29, 0.717) is 12.1 Å². The minimum absolute atomic E-state index is 0.506. The monoisotopic (exact) mass is 290 g/mol. The van der Waals surface area contributed by atoms with Crippen LogP contribution < -0.4 is 10.2 Å². The summed E-state index contributed by atoms with van der Waals surface area (Å²) >= 11 is 0. The van der Waals surface area contributed by atoms with Crippen LogP contribution in [0, 0.1) is 5.92 Å². The maximum absolute atomic E-state index is 5.32. The summed E-state index contributed by atoms with van der Waals surface area (Å²) in [5, 5.41) is 3.54. The predicted molar refractivity (Wildman–Crippen MR) is 89.8 cm³/mol. The lowest BCUT2D eigenvalue weighted by Crippen LogP contribution is -2.38. The lowest BCUT2D eigenvalue weighted by atomic mass is 10.1. The van der Waals surface area contributed by atoms with Gasteiger partial charge in [0.15, 0.2) is 0 Å². The molecule has 1 unspecified atom stereocenters. The van der Waals surface area contributed by atoms with Gasteiger partial charge in [-0.3, -0.25) is 0 Å². The van der Waals surface area contributed by atoms with Crippen molar-refractivity contribution in [2.24, 2.45) is 5.92 Å². The molecule has 118 valence electrons. The van der Waals surface area contributed by atoms with E-state index >= 15 is 0 Å². The second-order valence-electron chi connectivity index (χ2n) is 6.43. The summed E-state index contributed by atoms with van der Waals surface area (Å²) < 4.78 is 5.32. The number of benzene rings is 1. The van der Waals surface area contributed by atoms with E-state index in [1.54, 1.807) is 7.11 Å². The Morgan fingerprint density at radius 2 is 1.95 bits per heavy atom. The number of ether oxygens (including phenoxy) is 1. The zero-order valence-corrected chi connectivity index (χ0v) is 13.9. The summed E-state index contributed by atoms with van der Waals surface area (Å²) in [6.45, 7) is 9.42. The molecule has 0 aromatic heterocycles. The molecule has 3 nitrogen and oxygen atoms in total. The summed E-state index contributed by atoms with van der Waals surface area (Å²) in [4.78, 5) is 2.54. The largest absolute Gasteiger partial charge is 0.383 e. The van der Waals surface area contributed by atoms with E-state index in [4.69, 9.17) is 4.74 Å². The van der Waals surface area contributed by atoms with Crippen LogP contribution in [0.15, 0.2) is 24.3 Å². The molecule has 0 radical (unpaired) electrons. The Morgan fingerprint density at radius 1 is 1.24 bits per heavy atom. The van der Waals surface area contributed by atoms with Gasteiger partial charge in [-0.25, -0.2) is 0 Å². The van der Waals surface area contributed by atoms with Crippen molar-refractivity contribution in [3.8, 4) is 0 Å². The highest BCUT2D eigenvalue weighted by Crippen LogP contribution is 2.37. The fraction of sp³-hybridized carbons (Fsp3) is 0.667. The molecule has 0 aliphatic heterocycles. The van der Waals surface area contributed by atoms with Crippen LogP contribution in [0.4, 0.5) is 5.69 Å². The van der Waals surface area contributed by atoms with Crippen LogP contribution in [-0.4, -0.2) is 32.3 Å². The SMILES string of the molecule is COCCN(c1ccccc1CNC(C)C)C(C)C1CC1. The zero-order valence-electron chi connectivity index (χ0n) is 13.9. The highest BCUT2D eigenvalue weighted by Gasteiger charge is 2.32. The fourth-order valence-corrected chi connectivity index (χ4v) is 2.82. The summed E-state index contributed by atoms with van der Waals surface area (Å²) in [5.41, 5.74) is 2.75. The topological polar surface area (TPSA) is 24.5 Å². The van der Waals surface area contributed by atoms with Gasteiger partial charge in [-0.2, -0.15) is 0 Å². The molecule has 0 saturated heterocycles. The van der Waals surface area contributed by atoms with Gasteiger partial charge in [0.25, 0.3) is 0 Å². The Hall–Kier alpha value is -1.06. The first-order valence-corrected chi connectivity index (χ1v) is 8.20. The van der Waals surface area contributed by atoms with Crippen molar-refractivity contribution in [3.63, 3.8) is 0 Å². The Kier molecular flexibility index (Phi) is 6.07. The van der Waals surface area contributed by atoms with Crippen LogP contribution in [0.3, 0.4) is 0 Å². The number of nitrogens with zero attached hydrogens (tertiary/aromatic N) is 1. The Balaban J connectivity index is 2.16. The Bertz CT molecular complexity index is 429. The molecule has 1 aliphatic rings. The first kappa shape index (κ1) is 16.3. The van der Waals surface area contributed by atoms with Crippen molar-refractivity contribution in [1.29, 1.82) is 0 Å². The number of para-hydroxylation sites is 1. The molecular formula is C18H30N2O. The van der Waals surface area contributed by atoms with Crippen molar-refractivity contribution in [2.45, 2.75) is 52.2 Å². The highest BCUT2D eigenvalue weighted by molar-refractivity contribution is 5.54. The van der Waals surface area contributed by atoms with Gasteiger partial charge < -0.3 is 15.0 Å². The average molecular weight is 290 g/mol. The molecule has 1 N–H and O–H groups in total. The normalized spacial score (nSPS) is 16.2. The third-order valence-electron chi connectivity index (χ3n) is 4.33. The van der Waals surface area contributed by atoms with Crippen LogP contribution in [0.2, 0.25) is 0 Å². The fourth-order valence-electron chi connectivity index (χ4n) is 2.82. The number of nitrogens with one attached hydrogen (secondary N) is 1. The lowest BCUT2D eigenvalue weighted by molar-refractivity contribution is 0.202. The van der Waals surface area contributed by atoms with Gasteiger partial charge in [-0.1, -0.05) is 32.0 Å². The minimum Gasteiger partial charge on any atom is -0.383 e. The first-order chi connectivity index (χ1) is 10.1. The Morgan fingerprint density at radius 3 is 2.57 bits per heavy atom. The summed E-state index contributed by atoms with van der Waals surface area (Å²) in [6.07, 6.45) is 2.74. The second kappa shape index (κ2) is 7.81. The molecule has 1 saturated carbocycles. The summed E-state index contributed by atoms with van der Waals surface area (Å²) in [6, 6.07) is 9.88. The van der Waals surface area contributed by atoms with E-state index in [9.17, 15) is 0 Å². The number of hydrogen-bond acceptors (Lipinski definition) is 3. The van der Waals surface area contributed by atoms with Crippen LogP contribution >= 0.6 is 0 Å². The van der Waals surface area contributed by atoms with Gasteiger partial charge in [0.05, 0.1) is 6.61 Å². The molecule has 1 aromatic carbocycles. The van der Waals surface area contributed by atoms with E-state index in [1.165, 1.54) is 24.1 Å². The molecule has 0 spiro atoms. The Labute approximate surface area is 129 Å². The van der Waals surface area contributed by atoms with E-state index < -0.39 is 0 Å². The number of anilines is 1. The van der Waals surface area contributed by atoms with E-state index in [2.05, 4.69) is 55.3 Å². The predicted octanol–water partition coefficient (Wildman–Crippen LogP) is 3.44. The van der Waals surface area contributed by atoms with Gasteiger partial charge in [0.2, 0.25) is 0 Å². The molecule has 1 fully saturated rings. The molecule has 1 atom stereocenters. The average Bonchev–Trinajstić information content (AvgIpc) is 3.31. The maximum Gasteiger partial charge on any atom is 0.0637 e. The van der Waals surface area contributed by atoms with E-state index in [1.807, 2.05) is 0 Å².